The summed E-state index contributed by atoms with van der Waals surface area (Å²) in [6, 6.07) is 7.57. The molecule has 0 saturated carbocycles. The first-order chi connectivity index (χ1) is 8.54. The molecule has 0 aliphatic carbocycles. The number of carboxylic acids is 1. The van der Waals surface area contributed by atoms with Crippen molar-refractivity contribution in [2.24, 2.45) is 5.10 Å². The Bertz CT molecular complexity index is 528. The predicted octanol–water partition coefficient (Wildman–Crippen LogP) is 2.01. The highest BCUT2D eigenvalue weighted by atomic mass is 79.9. The quantitative estimate of drug-likeness (QED) is 0.925. The Morgan fingerprint density at radius 2 is 2.28 bits per heavy atom. The molecule has 0 saturated heterocycles. The standard InChI is InChI=1S/C12H11BrN2O3/c13-9-3-1-2-8(4-9)7-15-11(16)5-10(14-15)6-12(17)18/h1-4H,5-7H2,(H,17,18). The van der Waals surface area contributed by atoms with Crippen LogP contribution in [-0.4, -0.2) is 27.7 Å². The molecule has 5 nitrogen and oxygen atoms in total. The van der Waals surface area contributed by atoms with E-state index in [4.69, 9.17) is 5.11 Å². The van der Waals surface area contributed by atoms with Gasteiger partial charge in [0.2, 0.25) is 5.91 Å². The van der Waals surface area contributed by atoms with Crippen molar-refractivity contribution in [3.8, 4) is 0 Å². The Hall–Kier alpha value is -1.69. The maximum absolute atomic E-state index is 11.7. The highest BCUT2D eigenvalue weighted by Crippen LogP contribution is 2.17. The minimum absolute atomic E-state index is 0.0975. The van der Waals surface area contributed by atoms with Gasteiger partial charge in [-0.05, 0) is 17.7 Å². The molecule has 0 aromatic heterocycles. The van der Waals surface area contributed by atoms with E-state index in [2.05, 4.69) is 21.0 Å². The van der Waals surface area contributed by atoms with E-state index < -0.39 is 5.97 Å². The third-order valence-electron chi connectivity index (χ3n) is 2.48. The molecule has 1 aromatic rings. The van der Waals surface area contributed by atoms with Gasteiger partial charge in [-0.15, -0.1) is 0 Å². The van der Waals surface area contributed by atoms with Crippen LogP contribution < -0.4 is 0 Å². The van der Waals surface area contributed by atoms with E-state index in [0.717, 1.165) is 10.0 Å². The number of carbonyl (C=O) groups excluding carboxylic acids is 1. The zero-order chi connectivity index (χ0) is 13.1. The molecule has 0 bridgehead atoms. The molecule has 94 valence electrons. The summed E-state index contributed by atoms with van der Waals surface area (Å²) in [5.74, 6) is -1.13. The van der Waals surface area contributed by atoms with E-state index in [1.54, 1.807) is 0 Å². The van der Waals surface area contributed by atoms with E-state index in [1.807, 2.05) is 24.3 Å². The van der Waals surface area contributed by atoms with Crippen LogP contribution in [0.15, 0.2) is 33.8 Å². The SMILES string of the molecule is O=C(O)CC1=NN(Cc2cccc(Br)c2)C(=O)C1. The molecular formula is C12H11BrN2O3. The number of rotatable bonds is 4. The monoisotopic (exact) mass is 310 g/mol. The molecule has 6 heteroatoms. The summed E-state index contributed by atoms with van der Waals surface area (Å²) < 4.78 is 0.932. The third-order valence-corrected chi connectivity index (χ3v) is 2.98. The molecule has 0 unspecified atom stereocenters. The number of hydrazone groups is 1. The maximum Gasteiger partial charge on any atom is 0.309 e. The molecule has 1 aliphatic rings. The van der Waals surface area contributed by atoms with Gasteiger partial charge in [-0.25, -0.2) is 5.01 Å². The molecular weight excluding hydrogens is 300 g/mol. The van der Waals surface area contributed by atoms with Crippen molar-refractivity contribution in [1.29, 1.82) is 0 Å². The Morgan fingerprint density at radius 1 is 1.50 bits per heavy atom. The average molecular weight is 311 g/mol. The van der Waals surface area contributed by atoms with Gasteiger partial charge >= 0.3 is 5.97 Å². The summed E-state index contributed by atoms with van der Waals surface area (Å²) in [6.45, 7) is 0.362. The van der Waals surface area contributed by atoms with E-state index in [9.17, 15) is 9.59 Å². The van der Waals surface area contributed by atoms with Crippen LogP contribution in [0.3, 0.4) is 0 Å². The number of carboxylic acid groups (broad SMARTS) is 1. The van der Waals surface area contributed by atoms with Crippen molar-refractivity contribution in [3.05, 3.63) is 34.3 Å². The molecule has 2 rings (SSSR count). The van der Waals surface area contributed by atoms with E-state index >= 15 is 0 Å². The number of halogens is 1. The first-order valence-electron chi connectivity index (χ1n) is 5.37. The fourth-order valence-electron chi connectivity index (χ4n) is 1.73. The summed E-state index contributed by atoms with van der Waals surface area (Å²) in [7, 11) is 0. The molecule has 18 heavy (non-hydrogen) atoms. The fourth-order valence-corrected chi connectivity index (χ4v) is 2.18. The van der Waals surface area contributed by atoms with Crippen molar-refractivity contribution in [2.75, 3.05) is 0 Å². The predicted molar refractivity (Wildman–Crippen MR) is 69.0 cm³/mol. The molecule has 0 radical (unpaired) electrons. The van der Waals surface area contributed by atoms with Crippen LogP contribution in [0.2, 0.25) is 0 Å². The number of hydrogen-bond acceptors (Lipinski definition) is 3. The Balaban J connectivity index is 2.07. The van der Waals surface area contributed by atoms with E-state index in [0.29, 0.717) is 12.3 Å². The second kappa shape index (κ2) is 5.30. The van der Waals surface area contributed by atoms with Crippen LogP contribution in [0.5, 0.6) is 0 Å². The van der Waals surface area contributed by atoms with Gasteiger partial charge in [-0.2, -0.15) is 5.10 Å². The minimum atomic E-state index is -0.967. The van der Waals surface area contributed by atoms with E-state index in [1.165, 1.54) is 5.01 Å². The zero-order valence-electron chi connectivity index (χ0n) is 9.47. The van der Waals surface area contributed by atoms with Gasteiger partial charge in [0.25, 0.3) is 0 Å². The van der Waals surface area contributed by atoms with Gasteiger partial charge in [0.15, 0.2) is 0 Å². The molecule has 1 heterocycles. The summed E-state index contributed by atoms with van der Waals surface area (Å²) in [4.78, 5) is 22.2. The summed E-state index contributed by atoms with van der Waals surface area (Å²) >= 11 is 3.35. The lowest BCUT2D eigenvalue weighted by Crippen LogP contribution is -2.20. The molecule has 1 aliphatic heterocycles. The Kier molecular flexibility index (Phi) is 3.76. The van der Waals surface area contributed by atoms with Gasteiger partial charge < -0.3 is 5.11 Å². The second-order valence-corrected chi connectivity index (χ2v) is 4.91. The van der Waals surface area contributed by atoms with Crippen molar-refractivity contribution in [1.82, 2.24) is 5.01 Å². The third kappa shape index (κ3) is 3.16. The molecule has 0 spiro atoms. The lowest BCUT2D eigenvalue weighted by Gasteiger charge is -2.11. The smallest absolute Gasteiger partial charge is 0.309 e. The minimum Gasteiger partial charge on any atom is -0.481 e. The number of hydrogen-bond donors (Lipinski definition) is 1. The van der Waals surface area contributed by atoms with Crippen LogP contribution in [0.4, 0.5) is 0 Å². The van der Waals surface area contributed by atoms with Crippen LogP contribution in [0.1, 0.15) is 18.4 Å². The van der Waals surface area contributed by atoms with Crippen LogP contribution in [0.25, 0.3) is 0 Å². The zero-order valence-corrected chi connectivity index (χ0v) is 11.1. The van der Waals surface area contributed by atoms with Gasteiger partial charge in [0.05, 0.1) is 25.1 Å². The molecule has 1 N–H and O–H groups in total. The first-order valence-corrected chi connectivity index (χ1v) is 6.17. The van der Waals surface area contributed by atoms with Crippen molar-refractivity contribution in [3.63, 3.8) is 0 Å². The topological polar surface area (TPSA) is 70.0 Å². The number of aliphatic carboxylic acids is 1. The summed E-state index contributed by atoms with van der Waals surface area (Å²) in [5, 5.41) is 14.0. The molecule has 0 atom stereocenters. The average Bonchev–Trinajstić information content (AvgIpc) is 2.58. The lowest BCUT2D eigenvalue weighted by atomic mass is 10.2. The van der Waals surface area contributed by atoms with Crippen molar-refractivity contribution < 1.29 is 14.7 Å². The Labute approximate surface area is 112 Å². The maximum atomic E-state index is 11.7. The summed E-state index contributed by atoms with van der Waals surface area (Å²) in [5.41, 5.74) is 1.35. The van der Waals surface area contributed by atoms with Crippen LogP contribution in [0, 0.1) is 0 Å². The highest BCUT2D eigenvalue weighted by Gasteiger charge is 2.25. The fraction of sp³-hybridized carbons (Fsp3) is 0.250. The summed E-state index contributed by atoms with van der Waals surface area (Å²) in [6.07, 6.45) is -0.0823. The second-order valence-electron chi connectivity index (χ2n) is 3.99. The molecule has 1 amide bonds. The van der Waals surface area contributed by atoms with Crippen molar-refractivity contribution >= 4 is 33.5 Å². The molecule has 0 fully saturated rings. The normalized spacial score (nSPS) is 14.8. The van der Waals surface area contributed by atoms with Crippen molar-refractivity contribution in [2.45, 2.75) is 19.4 Å². The number of carbonyl (C=O) groups is 2. The van der Waals surface area contributed by atoms with Crippen LogP contribution >= 0.6 is 15.9 Å². The van der Waals surface area contributed by atoms with E-state index in [-0.39, 0.29) is 18.7 Å². The van der Waals surface area contributed by atoms with Gasteiger partial charge in [-0.3, -0.25) is 9.59 Å². The van der Waals surface area contributed by atoms with Gasteiger partial charge in [0, 0.05) is 4.47 Å². The first kappa shape index (κ1) is 12.8. The molecule has 1 aromatic carbocycles. The number of benzene rings is 1. The largest absolute Gasteiger partial charge is 0.481 e. The van der Waals surface area contributed by atoms with Gasteiger partial charge in [0.1, 0.15) is 0 Å². The number of amides is 1. The number of nitrogens with zero attached hydrogens (tertiary/aromatic N) is 2. The lowest BCUT2D eigenvalue weighted by molar-refractivity contribution is -0.135. The Morgan fingerprint density at radius 3 is 2.94 bits per heavy atom. The highest BCUT2D eigenvalue weighted by molar-refractivity contribution is 9.10. The van der Waals surface area contributed by atoms with Crippen LogP contribution in [-0.2, 0) is 16.1 Å². The van der Waals surface area contributed by atoms with Gasteiger partial charge in [-0.1, -0.05) is 28.1 Å².